The smallest absolute Gasteiger partial charge is 0.377 e. The normalized spacial score (nSPS) is 25.4. The zero-order valence-electron chi connectivity index (χ0n) is 9.38. The van der Waals surface area contributed by atoms with Gasteiger partial charge in [0.25, 0.3) is 0 Å². The molecule has 17 heavy (non-hydrogen) atoms. The van der Waals surface area contributed by atoms with E-state index in [9.17, 15) is 13.2 Å². The molecule has 6 heteroatoms. The predicted molar refractivity (Wildman–Crippen MR) is 60.0 cm³/mol. The number of thiophene rings is 1. The van der Waals surface area contributed by atoms with Crippen LogP contribution in [0.1, 0.15) is 24.5 Å². The van der Waals surface area contributed by atoms with Gasteiger partial charge in [0.05, 0.1) is 11.7 Å². The fourth-order valence-corrected chi connectivity index (χ4v) is 2.81. The van der Waals surface area contributed by atoms with Crippen molar-refractivity contribution in [3.63, 3.8) is 0 Å². The number of hydrogen-bond acceptors (Lipinski definition) is 3. The number of nitrogens with one attached hydrogen (secondary N) is 1. The minimum Gasteiger partial charge on any atom is -0.377 e. The van der Waals surface area contributed by atoms with E-state index in [2.05, 4.69) is 5.32 Å². The summed E-state index contributed by atoms with van der Waals surface area (Å²) < 4.78 is 43.2. The molecule has 0 radical (unpaired) electrons. The number of ether oxygens (including phenoxy) is 1. The van der Waals surface area contributed by atoms with Gasteiger partial charge in [-0.1, -0.05) is 0 Å². The van der Waals surface area contributed by atoms with E-state index in [4.69, 9.17) is 4.74 Å². The summed E-state index contributed by atoms with van der Waals surface area (Å²) in [4.78, 5) is 0. The summed E-state index contributed by atoms with van der Waals surface area (Å²) in [6.07, 6.45) is -3.33. The molecule has 1 aromatic rings. The van der Waals surface area contributed by atoms with E-state index in [1.54, 1.807) is 5.38 Å². The Kier molecular flexibility index (Phi) is 3.75. The van der Waals surface area contributed by atoms with Crippen LogP contribution < -0.4 is 5.32 Å². The molecule has 0 amide bonds. The van der Waals surface area contributed by atoms with Gasteiger partial charge in [-0.25, -0.2) is 0 Å². The summed E-state index contributed by atoms with van der Waals surface area (Å²) in [5.41, 5.74) is -0.205. The molecule has 1 aromatic heterocycles. The van der Waals surface area contributed by atoms with E-state index in [0.717, 1.165) is 23.1 Å². The van der Waals surface area contributed by atoms with Crippen LogP contribution in [0.15, 0.2) is 10.8 Å². The Morgan fingerprint density at radius 1 is 1.47 bits per heavy atom. The SMILES string of the molecule is C[C@H]1OCC[C@H]1NCc1cscc1C(F)(F)F. The molecule has 0 saturated carbocycles. The molecule has 0 spiro atoms. The van der Waals surface area contributed by atoms with Crippen molar-refractivity contribution >= 4 is 11.3 Å². The standard InChI is InChI=1S/C11H14F3NOS/c1-7-10(2-3-16-7)15-4-8-5-17-6-9(8)11(12,13)14/h5-7,10,15H,2-4H2,1H3/t7-,10-/m1/s1. The van der Waals surface area contributed by atoms with Crippen LogP contribution in [-0.2, 0) is 17.5 Å². The third kappa shape index (κ3) is 3.00. The molecule has 0 aliphatic carbocycles. The topological polar surface area (TPSA) is 21.3 Å². The van der Waals surface area contributed by atoms with Crippen molar-refractivity contribution in [1.82, 2.24) is 5.32 Å². The largest absolute Gasteiger partial charge is 0.417 e. The van der Waals surface area contributed by atoms with Crippen molar-refractivity contribution in [2.45, 2.75) is 38.2 Å². The number of alkyl halides is 3. The van der Waals surface area contributed by atoms with Crippen molar-refractivity contribution in [1.29, 1.82) is 0 Å². The number of hydrogen-bond donors (Lipinski definition) is 1. The summed E-state index contributed by atoms with van der Waals surface area (Å²) in [5, 5.41) is 5.84. The molecule has 1 aliphatic rings. The van der Waals surface area contributed by atoms with Gasteiger partial charge in [-0.3, -0.25) is 0 Å². The minimum absolute atomic E-state index is 0.0722. The Hall–Kier alpha value is -0.590. The molecule has 2 rings (SSSR count). The first-order valence-electron chi connectivity index (χ1n) is 5.45. The van der Waals surface area contributed by atoms with Gasteiger partial charge >= 0.3 is 6.18 Å². The lowest BCUT2D eigenvalue weighted by Gasteiger charge is -2.16. The number of rotatable bonds is 3. The van der Waals surface area contributed by atoms with Gasteiger partial charge in [0.15, 0.2) is 0 Å². The second-order valence-electron chi connectivity index (χ2n) is 4.16. The lowest BCUT2D eigenvalue weighted by atomic mass is 10.1. The molecule has 0 aromatic carbocycles. The van der Waals surface area contributed by atoms with Crippen LogP contribution in [0.2, 0.25) is 0 Å². The summed E-state index contributed by atoms with van der Waals surface area (Å²) in [6, 6.07) is 0.149. The summed E-state index contributed by atoms with van der Waals surface area (Å²) in [7, 11) is 0. The van der Waals surface area contributed by atoms with E-state index in [-0.39, 0.29) is 18.7 Å². The van der Waals surface area contributed by atoms with Gasteiger partial charge in [0.1, 0.15) is 0 Å². The van der Waals surface area contributed by atoms with Crippen LogP contribution in [0.4, 0.5) is 13.2 Å². The maximum Gasteiger partial charge on any atom is 0.417 e. The van der Waals surface area contributed by atoms with Crippen molar-refractivity contribution < 1.29 is 17.9 Å². The molecule has 1 aliphatic heterocycles. The van der Waals surface area contributed by atoms with Gasteiger partial charge in [-0.15, -0.1) is 0 Å². The average molecular weight is 265 g/mol. The van der Waals surface area contributed by atoms with Crippen LogP contribution in [0.3, 0.4) is 0 Å². The van der Waals surface area contributed by atoms with Crippen LogP contribution in [0.5, 0.6) is 0 Å². The van der Waals surface area contributed by atoms with Gasteiger partial charge in [-0.2, -0.15) is 24.5 Å². The molecule has 1 fully saturated rings. The van der Waals surface area contributed by atoms with E-state index in [1.165, 1.54) is 0 Å². The molecule has 0 bridgehead atoms. The van der Waals surface area contributed by atoms with E-state index < -0.39 is 11.7 Å². The predicted octanol–water partition coefficient (Wildman–Crippen LogP) is 3.03. The second kappa shape index (κ2) is 4.96. The zero-order valence-corrected chi connectivity index (χ0v) is 10.2. The monoisotopic (exact) mass is 265 g/mol. The first kappa shape index (κ1) is 12.9. The Bertz CT molecular complexity index is 377. The van der Waals surface area contributed by atoms with Crippen molar-refractivity contribution in [2.75, 3.05) is 6.61 Å². The zero-order chi connectivity index (χ0) is 12.5. The van der Waals surface area contributed by atoms with Crippen LogP contribution in [0, 0.1) is 0 Å². The second-order valence-corrected chi connectivity index (χ2v) is 4.90. The van der Waals surface area contributed by atoms with Crippen molar-refractivity contribution in [2.24, 2.45) is 0 Å². The molecule has 2 heterocycles. The van der Waals surface area contributed by atoms with Crippen LogP contribution in [-0.4, -0.2) is 18.8 Å². The van der Waals surface area contributed by atoms with Crippen molar-refractivity contribution in [3.05, 3.63) is 21.9 Å². The van der Waals surface area contributed by atoms with Crippen LogP contribution >= 0.6 is 11.3 Å². The highest BCUT2D eigenvalue weighted by molar-refractivity contribution is 7.08. The van der Waals surface area contributed by atoms with Crippen LogP contribution in [0.25, 0.3) is 0 Å². The fourth-order valence-electron chi connectivity index (χ4n) is 1.95. The molecule has 2 nitrogen and oxygen atoms in total. The van der Waals surface area contributed by atoms with Gasteiger partial charge in [0.2, 0.25) is 0 Å². The van der Waals surface area contributed by atoms with Gasteiger partial charge in [0, 0.05) is 24.6 Å². The Morgan fingerprint density at radius 3 is 2.82 bits per heavy atom. The van der Waals surface area contributed by atoms with Gasteiger partial charge in [-0.05, 0) is 24.3 Å². The fraction of sp³-hybridized carbons (Fsp3) is 0.636. The Labute approximate surface area is 102 Å². The summed E-state index contributed by atoms with van der Waals surface area (Å²) >= 11 is 1.09. The van der Waals surface area contributed by atoms with Gasteiger partial charge < -0.3 is 10.1 Å². The van der Waals surface area contributed by atoms with E-state index in [1.807, 2.05) is 6.92 Å². The molecule has 2 atom stereocenters. The summed E-state index contributed by atoms with van der Waals surface area (Å²) in [6.45, 7) is 2.86. The molecule has 1 saturated heterocycles. The average Bonchev–Trinajstić information content (AvgIpc) is 2.82. The Balaban J connectivity index is 1.97. The molecule has 1 N–H and O–H groups in total. The first-order chi connectivity index (χ1) is 7.98. The third-order valence-electron chi connectivity index (χ3n) is 2.98. The highest BCUT2D eigenvalue weighted by Crippen LogP contribution is 2.34. The summed E-state index contributed by atoms with van der Waals surface area (Å²) in [5.74, 6) is 0. The third-order valence-corrected chi connectivity index (χ3v) is 3.77. The maximum absolute atomic E-state index is 12.6. The number of halogens is 3. The van der Waals surface area contributed by atoms with Crippen molar-refractivity contribution in [3.8, 4) is 0 Å². The maximum atomic E-state index is 12.6. The molecular weight excluding hydrogens is 251 g/mol. The minimum atomic E-state index is -4.26. The quantitative estimate of drug-likeness (QED) is 0.907. The molecule has 0 unspecified atom stereocenters. The lowest BCUT2D eigenvalue weighted by molar-refractivity contribution is -0.137. The van der Waals surface area contributed by atoms with E-state index >= 15 is 0 Å². The van der Waals surface area contributed by atoms with E-state index in [0.29, 0.717) is 12.2 Å². The lowest BCUT2D eigenvalue weighted by Crippen LogP contribution is -2.34. The Morgan fingerprint density at radius 2 is 2.24 bits per heavy atom. The molecule has 96 valence electrons. The molecular formula is C11H14F3NOS. The first-order valence-corrected chi connectivity index (χ1v) is 6.40. The highest BCUT2D eigenvalue weighted by Gasteiger charge is 2.34. The highest BCUT2D eigenvalue weighted by atomic mass is 32.1.